The standard InChI is InChI=1S/C10H9BrFN/c1-7-5-8(3-2-4-13)10(12)6-9(7)11/h5-6H,2-3H2,1H3. The van der Waals surface area contributed by atoms with E-state index in [0.29, 0.717) is 18.4 Å². The first kappa shape index (κ1) is 10.2. The lowest BCUT2D eigenvalue weighted by Gasteiger charge is -2.03. The number of hydrogen-bond acceptors (Lipinski definition) is 1. The van der Waals surface area contributed by atoms with E-state index in [-0.39, 0.29) is 5.82 Å². The molecule has 68 valence electrons. The maximum Gasteiger partial charge on any atom is 0.127 e. The SMILES string of the molecule is Cc1cc(CCC#N)c(F)cc1Br. The molecule has 0 aliphatic carbocycles. The van der Waals surface area contributed by atoms with Gasteiger partial charge in [-0.25, -0.2) is 4.39 Å². The van der Waals surface area contributed by atoms with Crippen LogP contribution < -0.4 is 0 Å². The highest BCUT2D eigenvalue weighted by Crippen LogP contribution is 2.21. The summed E-state index contributed by atoms with van der Waals surface area (Å²) in [6.45, 7) is 1.90. The van der Waals surface area contributed by atoms with Crippen LogP contribution in [0.25, 0.3) is 0 Å². The molecule has 3 heteroatoms. The molecule has 1 nitrogen and oxygen atoms in total. The molecule has 0 amide bonds. The Bertz CT molecular complexity index is 355. The molecule has 0 radical (unpaired) electrons. The van der Waals surface area contributed by atoms with Crippen LogP contribution in [-0.2, 0) is 6.42 Å². The molecule has 1 aromatic carbocycles. The second kappa shape index (κ2) is 4.38. The molecule has 0 aliphatic rings. The van der Waals surface area contributed by atoms with E-state index in [1.807, 2.05) is 13.0 Å². The van der Waals surface area contributed by atoms with Crippen molar-refractivity contribution in [2.24, 2.45) is 0 Å². The van der Waals surface area contributed by atoms with Crippen LogP contribution in [0, 0.1) is 24.1 Å². The highest BCUT2D eigenvalue weighted by atomic mass is 79.9. The fourth-order valence-corrected chi connectivity index (χ4v) is 1.41. The van der Waals surface area contributed by atoms with Gasteiger partial charge in [-0.1, -0.05) is 22.0 Å². The number of hydrogen-bond donors (Lipinski definition) is 0. The molecular weight excluding hydrogens is 233 g/mol. The summed E-state index contributed by atoms with van der Waals surface area (Å²) in [6, 6.07) is 5.22. The summed E-state index contributed by atoms with van der Waals surface area (Å²) in [7, 11) is 0. The van der Waals surface area contributed by atoms with Crippen molar-refractivity contribution in [1.82, 2.24) is 0 Å². The van der Waals surface area contributed by atoms with Crippen molar-refractivity contribution in [2.45, 2.75) is 19.8 Å². The number of nitriles is 1. The Kier molecular flexibility index (Phi) is 3.44. The molecule has 0 saturated carbocycles. The van der Waals surface area contributed by atoms with Gasteiger partial charge in [0.1, 0.15) is 5.82 Å². The van der Waals surface area contributed by atoms with Gasteiger partial charge in [0.15, 0.2) is 0 Å². The molecule has 0 unspecified atom stereocenters. The van der Waals surface area contributed by atoms with Crippen molar-refractivity contribution >= 4 is 15.9 Å². The van der Waals surface area contributed by atoms with Crippen LogP contribution in [-0.4, -0.2) is 0 Å². The first-order valence-corrected chi connectivity index (χ1v) is 4.76. The number of rotatable bonds is 2. The van der Waals surface area contributed by atoms with Gasteiger partial charge in [-0.15, -0.1) is 0 Å². The van der Waals surface area contributed by atoms with Gasteiger partial charge in [0.2, 0.25) is 0 Å². The predicted octanol–water partition coefficient (Wildman–Crippen LogP) is 3.35. The lowest BCUT2D eigenvalue weighted by atomic mass is 10.1. The smallest absolute Gasteiger partial charge is 0.127 e. The molecule has 0 heterocycles. The molecule has 0 N–H and O–H groups in total. The number of nitrogens with zero attached hydrogens (tertiary/aromatic N) is 1. The van der Waals surface area contributed by atoms with Crippen LogP contribution in [0.3, 0.4) is 0 Å². The van der Waals surface area contributed by atoms with Gasteiger partial charge in [-0.2, -0.15) is 5.26 Å². The van der Waals surface area contributed by atoms with Gasteiger partial charge in [0.05, 0.1) is 6.07 Å². The summed E-state index contributed by atoms with van der Waals surface area (Å²) in [5.74, 6) is -0.243. The monoisotopic (exact) mass is 241 g/mol. The van der Waals surface area contributed by atoms with Crippen molar-refractivity contribution in [2.75, 3.05) is 0 Å². The van der Waals surface area contributed by atoms with Gasteiger partial charge in [-0.05, 0) is 30.5 Å². The highest BCUT2D eigenvalue weighted by Gasteiger charge is 2.04. The van der Waals surface area contributed by atoms with E-state index in [1.54, 1.807) is 6.07 Å². The molecule has 1 aromatic rings. The zero-order chi connectivity index (χ0) is 9.84. The average molecular weight is 242 g/mol. The van der Waals surface area contributed by atoms with Gasteiger partial charge in [0.25, 0.3) is 0 Å². The summed E-state index contributed by atoms with van der Waals surface area (Å²) >= 11 is 3.24. The molecule has 1 rings (SSSR count). The van der Waals surface area contributed by atoms with Crippen molar-refractivity contribution in [3.63, 3.8) is 0 Å². The Morgan fingerprint density at radius 2 is 2.23 bits per heavy atom. The van der Waals surface area contributed by atoms with E-state index >= 15 is 0 Å². The van der Waals surface area contributed by atoms with Gasteiger partial charge < -0.3 is 0 Å². The number of benzene rings is 1. The lowest BCUT2D eigenvalue weighted by Crippen LogP contribution is -1.92. The van der Waals surface area contributed by atoms with Crippen LogP contribution in [0.5, 0.6) is 0 Å². The summed E-state index contributed by atoms with van der Waals surface area (Å²) < 4.78 is 14.0. The van der Waals surface area contributed by atoms with E-state index in [0.717, 1.165) is 10.0 Å². The quantitative estimate of drug-likeness (QED) is 0.780. The third-order valence-electron chi connectivity index (χ3n) is 1.83. The Morgan fingerprint density at radius 3 is 2.85 bits per heavy atom. The fraction of sp³-hybridized carbons (Fsp3) is 0.300. The zero-order valence-electron chi connectivity index (χ0n) is 7.27. The Hall–Kier alpha value is -0.880. The summed E-state index contributed by atoms with van der Waals surface area (Å²) in [5, 5.41) is 8.36. The van der Waals surface area contributed by atoms with Gasteiger partial charge in [0, 0.05) is 10.9 Å². The van der Waals surface area contributed by atoms with Crippen LogP contribution in [0.2, 0.25) is 0 Å². The topological polar surface area (TPSA) is 23.8 Å². The third-order valence-corrected chi connectivity index (χ3v) is 2.69. The molecule has 0 aliphatic heterocycles. The number of halogens is 2. The first-order valence-electron chi connectivity index (χ1n) is 3.96. The van der Waals surface area contributed by atoms with Crippen LogP contribution in [0.1, 0.15) is 17.5 Å². The summed E-state index contributed by atoms with van der Waals surface area (Å²) in [6.07, 6.45) is 0.842. The second-order valence-electron chi connectivity index (χ2n) is 2.85. The molecule has 0 bridgehead atoms. The average Bonchev–Trinajstić information content (AvgIpc) is 2.09. The second-order valence-corrected chi connectivity index (χ2v) is 3.71. The van der Waals surface area contributed by atoms with Crippen molar-refractivity contribution < 1.29 is 4.39 Å². The summed E-state index contributed by atoms with van der Waals surface area (Å²) in [4.78, 5) is 0. The molecule has 0 atom stereocenters. The van der Waals surface area contributed by atoms with Crippen LogP contribution in [0.4, 0.5) is 4.39 Å². The molecule has 0 aromatic heterocycles. The van der Waals surface area contributed by atoms with Crippen molar-refractivity contribution in [3.8, 4) is 6.07 Å². The highest BCUT2D eigenvalue weighted by molar-refractivity contribution is 9.10. The van der Waals surface area contributed by atoms with Crippen molar-refractivity contribution in [3.05, 3.63) is 33.5 Å². The van der Waals surface area contributed by atoms with Crippen LogP contribution in [0.15, 0.2) is 16.6 Å². The first-order chi connectivity index (χ1) is 6.15. The predicted molar refractivity (Wildman–Crippen MR) is 52.8 cm³/mol. The Morgan fingerprint density at radius 1 is 1.54 bits per heavy atom. The van der Waals surface area contributed by atoms with Crippen molar-refractivity contribution in [1.29, 1.82) is 5.26 Å². The molecule has 13 heavy (non-hydrogen) atoms. The normalized spacial score (nSPS) is 9.69. The zero-order valence-corrected chi connectivity index (χ0v) is 8.86. The van der Waals surface area contributed by atoms with Gasteiger partial charge >= 0.3 is 0 Å². The Balaban J connectivity index is 2.96. The molecule has 0 saturated heterocycles. The Labute approximate surface area is 85.3 Å². The van der Waals surface area contributed by atoms with Gasteiger partial charge in [-0.3, -0.25) is 0 Å². The van der Waals surface area contributed by atoms with Crippen LogP contribution >= 0.6 is 15.9 Å². The minimum atomic E-state index is -0.243. The maximum absolute atomic E-state index is 13.2. The minimum Gasteiger partial charge on any atom is -0.207 e. The summed E-state index contributed by atoms with van der Waals surface area (Å²) in [5.41, 5.74) is 1.61. The number of aryl methyl sites for hydroxylation is 2. The maximum atomic E-state index is 13.2. The molecular formula is C10H9BrFN. The van der Waals surface area contributed by atoms with E-state index in [9.17, 15) is 4.39 Å². The minimum absolute atomic E-state index is 0.243. The van der Waals surface area contributed by atoms with E-state index < -0.39 is 0 Å². The lowest BCUT2D eigenvalue weighted by molar-refractivity contribution is 0.608. The van der Waals surface area contributed by atoms with E-state index in [2.05, 4.69) is 15.9 Å². The third kappa shape index (κ3) is 2.53. The van der Waals surface area contributed by atoms with E-state index in [4.69, 9.17) is 5.26 Å². The largest absolute Gasteiger partial charge is 0.207 e. The van der Waals surface area contributed by atoms with E-state index in [1.165, 1.54) is 6.07 Å². The fourth-order valence-electron chi connectivity index (χ4n) is 1.10. The molecule has 0 fully saturated rings. The molecule has 0 spiro atoms.